The van der Waals surface area contributed by atoms with Crippen LogP contribution < -0.4 is 10.6 Å². The number of aliphatic hydroxyl groups excluding tert-OH is 1. The fourth-order valence-electron chi connectivity index (χ4n) is 4.79. The van der Waals surface area contributed by atoms with Gasteiger partial charge in [-0.05, 0) is 69.0 Å². The molecule has 0 aromatic carbocycles. The number of carbonyl (C=O) groups is 1. The first-order valence-electron chi connectivity index (χ1n) is 10.8. The quantitative estimate of drug-likeness (QED) is 0.324. The summed E-state index contributed by atoms with van der Waals surface area (Å²) in [5, 5.41) is 15.7. The molecule has 0 aliphatic heterocycles. The summed E-state index contributed by atoms with van der Waals surface area (Å²) in [5.41, 5.74) is 3.02. The van der Waals surface area contributed by atoms with Gasteiger partial charge < -0.3 is 15.7 Å². The van der Waals surface area contributed by atoms with Crippen molar-refractivity contribution in [1.29, 1.82) is 0 Å². The Balaban J connectivity index is 1.56. The summed E-state index contributed by atoms with van der Waals surface area (Å²) in [6.45, 7) is 8.06. The molecule has 4 unspecified atom stereocenters. The highest BCUT2D eigenvalue weighted by atomic mass is 35.5. The molecule has 3 rings (SSSR count). The molecule has 1 saturated carbocycles. The molecule has 2 aliphatic carbocycles. The Morgan fingerprint density at radius 3 is 3.00 bits per heavy atom. The number of halogens is 1. The molecule has 160 valence electrons. The Bertz CT molecular complexity index is 766. The normalized spacial score (nSPS) is 26.9. The smallest absolute Gasteiger partial charge is 0.254 e. The number of fused-ring (bicyclic) bond motifs is 2. The number of nitrogens with one attached hydrogen (secondary N) is 2. The van der Waals surface area contributed by atoms with Crippen LogP contribution in [0.3, 0.4) is 0 Å². The summed E-state index contributed by atoms with van der Waals surface area (Å²) in [5.74, 6) is 1.28. The van der Waals surface area contributed by atoms with Crippen molar-refractivity contribution in [2.45, 2.75) is 58.9 Å². The highest BCUT2D eigenvalue weighted by Gasteiger charge is 2.38. The van der Waals surface area contributed by atoms with Gasteiger partial charge in [-0.15, -0.1) is 0 Å². The Hall–Kier alpha value is -1.43. The Morgan fingerprint density at radius 2 is 2.28 bits per heavy atom. The van der Waals surface area contributed by atoms with Crippen LogP contribution in [0.1, 0.15) is 62.4 Å². The minimum absolute atomic E-state index is 0.0191. The van der Waals surface area contributed by atoms with Gasteiger partial charge in [0.2, 0.25) is 0 Å². The van der Waals surface area contributed by atoms with Crippen LogP contribution in [-0.4, -0.2) is 41.7 Å². The monoisotopic (exact) mass is 419 g/mol. The number of aliphatic hydroxyl groups is 1. The summed E-state index contributed by atoms with van der Waals surface area (Å²) in [7, 11) is 0. The van der Waals surface area contributed by atoms with Crippen LogP contribution in [-0.2, 0) is 6.42 Å². The number of carbonyl (C=O) groups excluding carboxylic acids is 1. The number of hydrogen-bond donors (Lipinski definition) is 3. The number of aromatic nitrogens is 1. The molecule has 1 fully saturated rings. The van der Waals surface area contributed by atoms with Gasteiger partial charge >= 0.3 is 0 Å². The van der Waals surface area contributed by atoms with Crippen molar-refractivity contribution in [3.8, 4) is 0 Å². The zero-order valence-electron chi connectivity index (χ0n) is 17.8. The molecule has 4 atom stereocenters. The molecule has 1 amide bonds. The lowest BCUT2D eigenvalue weighted by Crippen LogP contribution is -2.37. The average Bonchev–Trinajstić information content (AvgIpc) is 2.96. The van der Waals surface area contributed by atoms with Crippen LogP contribution >= 0.6 is 11.6 Å². The summed E-state index contributed by atoms with van der Waals surface area (Å²) in [4.78, 5) is 17.0. The zero-order chi connectivity index (χ0) is 21.0. The first kappa shape index (κ1) is 22.3. The Morgan fingerprint density at radius 1 is 1.48 bits per heavy atom. The largest absolute Gasteiger partial charge is 0.395 e. The van der Waals surface area contributed by atoms with Gasteiger partial charge in [0.15, 0.2) is 0 Å². The SMILES string of the molecule is CC(CO)NCCCc1cnc(Cl)c(C(=O)NCC2(C)C=C3CC(CC3C)C2)c1. The summed E-state index contributed by atoms with van der Waals surface area (Å²) in [6.07, 6.45) is 9.48. The zero-order valence-corrected chi connectivity index (χ0v) is 18.6. The van der Waals surface area contributed by atoms with Crippen molar-refractivity contribution in [3.05, 3.63) is 40.2 Å². The average molecular weight is 420 g/mol. The van der Waals surface area contributed by atoms with E-state index in [0.29, 0.717) is 18.0 Å². The van der Waals surface area contributed by atoms with E-state index in [9.17, 15) is 4.79 Å². The van der Waals surface area contributed by atoms with Crippen LogP contribution in [0.2, 0.25) is 5.15 Å². The van der Waals surface area contributed by atoms with Crippen molar-refractivity contribution in [2.75, 3.05) is 19.7 Å². The van der Waals surface area contributed by atoms with E-state index >= 15 is 0 Å². The number of aryl methyl sites for hydroxylation is 1. The van der Waals surface area contributed by atoms with Crippen LogP contribution in [0, 0.1) is 17.3 Å². The van der Waals surface area contributed by atoms with Crippen molar-refractivity contribution in [3.63, 3.8) is 0 Å². The van der Waals surface area contributed by atoms with Gasteiger partial charge in [-0.1, -0.05) is 37.1 Å². The summed E-state index contributed by atoms with van der Waals surface area (Å²) in [6, 6.07) is 1.95. The van der Waals surface area contributed by atoms with Crippen LogP contribution in [0.5, 0.6) is 0 Å². The molecule has 1 heterocycles. The molecule has 1 aromatic heterocycles. The Kier molecular flexibility index (Phi) is 7.36. The van der Waals surface area contributed by atoms with E-state index in [-0.39, 0.29) is 29.1 Å². The number of amides is 1. The van der Waals surface area contributed by atoms with Gasteiger partial charge in [0.25, 0.3) is 5.91 Å². The molecule has 2 bridgehead atoms. The lowest BCUT2D eigenvalue weighted by Gasteiger charge is -2.32. The lowest BCUT2D eigenvalue weighted by molar-refractivity contribution is 0.0935. The molecule has 0 saturated heterocycles. The van der Waals surface area contributed by atoms with Gasteiger partial charge in [0.05, 0.1) is 12.2 Å². The molecule has 29 heavy (non-hydrogen) atoms. The van der Waals surface area contributed by atoms with Crippen LogP contribution in [0.15, 0.2) is 23.9 Å². The van der Waals surface area contributed by atoms with E-state index in [0.717, 1.165) is 37.3 Å². The van der Waals surface area contributed by atoms with Crippen molar-refractivity contribution in [2.24, 2.45) is 17.3 Å². The van der Waals surface area contributed by atoms with E-state index in [1.165, 1.54) is 12.8 Å². The van der Waals surface area contributed by atoms with Crippen molar-refractivity contribution < 1.29 is 9.90 Å². The minimum Gasteiger partial charge on any atom is -0.395 e. The first-order chi connectivity index (χ1) is 13.8. The molecule has 0 spiro atoms. The topological polar surface area (TPSA) is 74.2 Å². The standard InChI is InChI=1S/C23H34ClN3O2/c1-15-7-18-8-19(15)11-23(3,10-18)14-27-22(29)20-9-17(12-26-21(20)24)5-4-6-25-16(2)13-28/h9,11-12,15-16,18,25,28H,4-8,10,13-14H2,1-3H3,(H,27,29). The Labute approximate surface area is 179 Å². The molecule has 0 radical (unpaired) electrons. The second kappa shape index (κ2) is 9.59. The minimum atomic E-state index is -0.151. The van der Waals surface area contributed by atoms with E-state index in [1.807, 2.05) is 13.0 Å². The van der Waals surface area contributed by atoms with Gasteiger partial charge in [-0.25, -0.2) is 4.98 Å². The second-order valence-electron chi connectivity index (χ2n) is 9.29. The molecule has 5 nitrogen and oxygen atoms in total. The maximum Gasteiger partial charge on any atom is 0.254 e. The second-order valence-corrected chi connectivity index (χ2v) is 9.65. The van der Waals surface area contributed by atoms with E-state index in [1.54, 1.807) is 11.8 Å². The van der Waals surface area contributed by atoms with Gasteiger partial charge in [0, 0.05) is 24.2 Å². The molecule has 6 heteroatoms. The van der Waals surface area contributed by atoms with Gasteiger partial charge in [-0.2, -0.15) is 0 Å². The number of allylic oxidation sites excluding steroid dienone is 1. The van der Waals surface area contributed by atoms with Crippen LogP contribution in [0.4, 0.5) is 0 Å². The van der Waals surface area contributed by atoms with Gasteiger partial charge in [-0.3, -0.25) is 4.79 Å². The molecule has 1 aromatic rings. The highest BCUT2D eigenvalue weighted by Crippen LogP contribution is 2.48. The fourth-order valence-corrected chi connectivity index (χ4v) is 4.97. The third-order valence-corrected chi connectivity index (χ3v) is 6.64. The third-order valence-electron chi connectivity index (χ3n) is 6.34. The lowest BCUT2D eigenvalue weighted by atomic mass is 9.76. The van der Waals surface area contributed by atoms with Crippen molar-refractivity contribution >= 4 is 17.5 Å². The molecular weight excluding hydrogens is 386 g/mol. The van der Waals surface area contributed by atoms with E-state index < -0.39 is 0 Å². The predicted octanol–water partition coefficient (Wildman–Crippen LogP) is 3.75. The molecule has 3 N–H and O–H groups in total. The molecule has 2 aliphatic rings. The number of pyridine rings is 1. The van der Waals surface area contributed by atoms with E-state index in [4.69, 9.17) is 16.7 Å². The summed E-state index contributed by atoms with van der Waals surface area (Å²) >= 11 is 6.22. The first-order valence-corrected chi connectivity index (χ1v) is 11.2. The maximum atomic E-state index is 12.8. The van der Waals surface area contributed by atoms with E-state index in [2.05, 4.69) is 35.5 Å². The number of nitrogens with zero attached hydrogens (tertiary/aromatic N) is 1. The van der Waals surface area contributed by atoms with Gasteiger partial charge in [0.1, 0.15) is 5.15 Å². The number of rotatable bonds is 9. The predicted molar refractivity (Wildman–Crippen MR) is 117 cm³/mol. The number of hydrogen-bond acceptors (Lipinski definition) is 4. The summed E-state index contributed by atoms with van der Waals surface area (Å²) < 4.78 is 0. The molecular formula is C23H34ClN3O2. The maximum absolute atomic E-state index is 12.8. The van der Waals surface area contributed by atoms with Crippen molar-refractivity contribution in [1.82, 2.24) is 15.6 Å². The highest BCUT2D eigenvalue weighted by molar-refractivity contribution is 6.32. The third kappa shape index (κ3) is 5.80. The fraction of sp³-hybridized carbons (Fsp3) is 0.652. The van der Waals surface area contributed by atoms with Crippen LogP contribution in [0.25, 0.3) is 0 Å².